The average molecular weight is 283 g/mol. The number of nitrogens with two attached hydrogens (primary N) is 1. The third kappa shape index (κ3) is 2.90. The number of carbonyl (C=O) groups excluding carboxylic acids is 1. The lowest BCUT2D eigenvalue weighted by Crippen LogP contribution is -2.44. The normalized spacial score (nSPS) is 17.2. The van der Waals surface area contributed by atoms with Crippen LogP contribution >= 0.6 is 0 Å². The van der Waals surface area contributed by atoms with Gasteiger partial charge in [-0.05, 0) is 45.1 Å². The predicted octanol–water partition coefficient (Wildman–Crippen LogP) is 1.71. The highest BCUT2D eigenvalue weighted by atomic mass is 19.1. The summed E-state index contributed by atoms with van der Waals surface area (Å²) in [6.07, 6.45) is 1.72. The Balaban J connectivity index is 2.14. The molecule has 0 unspecified atom stereocenters. The van der Waals surface area contributed by atoms with Crippen LogP contribution in [0.3, 0.4) is 0 Å². The maximum Gasteiger partial charge on any atom is 0.254 e. The van der Waals surface area contributed by atoms with E-state index >= 15 is 0 Å². The minimum Gasteiger partial charge on any atom is -0.394 e. The van der Waals surface area contributed by atoms with Crippen molar-refractivity contribution in [1.82, 2.24) is 9.80 Å². The number of amides is 1. The molecule has 20 heavy (non-hydrogen) atoms. The molecule has 4 nitrogen and oxygen atoms in total. The molecule has 1 amide bonds. The van der Waals surface area contributed by atoms with Crippen molar-refractivity contribution in [3.63, 3.8) is 0 Å². The Morgan fingerprint density at radius 1 is 1.30 bits per heavy atom. The van der Waals surface area contributed by atoms with Crippen LogP contribution in [0, 0.1) is 11.6 Å². The Bertz CT molecular complexity index is 490. The summed E-state index contributed by atoms with van der Waals surface area (Å²) in [5.41, 5.74) is 4.65. The molecule has 110 valence electrons. The highest BCUT2D eigenvalue weighted by Crippen LogP contribution is 2.21. The number of piperidine rings is 1. The first kappa shape index (κ1) is 14.7. The van der Waals surface area contributed by atoms with Gasteiger partial charge in [0.2, 0.25) is 0 Å². The number of nitrogen functional groups attached to an aromatic ring is 1. The molecule has 0 spiro atoms. The first-order chi connectivity index (χ1) is 9.40. The second-order valence-corrected chi connectivity index (χ2v) is 5.30. The predicted molar refractivity (Wildman–Crippen MR) is 73.4 cm³/mol. The number of halogens is 2. The van der Waals surface area contributed by atoms with Crippen LogP contribution < -0.4 is 5.73 Å². The standard InChI is InChI=1S/C14H19F2N3O/c1-18-5-3-10(4-6-18)19(2)14(20)9-7-11(15)13(17)12(16)8-9/h7-8,10H,3-6,17H2,1-2H3. The molecule has 1 heterocycles. The van der Waals surface area contributed by atoms with Gasteiger partial charge in [-0.15, -0.1) is 0 Å². The van der Waals surface area contributed by atoms with E-state index in [1.807, 2.05) is 7.05 Å². The highest BCUT2D eigenvalue weighted by Gasteiger charge is 2.25. The van der Waals surface area contributed by atoms with Crippen LogP contribution in [0.25, 0.3) is 0 Å². The summed E-state index contributed by atoms with van der Waals surface area (Å²) in [5, 5.41) is 0. The van der Waals surface area contributed by atoms with Crippen molar-refractivity contribution in [2.75, 3.05) is 32.9 Å². The van der Waals surface area contributed by atoms with E-state index < -0.39 is 17.3 Å². The molecule has 6 heteroatoms. The van der Waals surface area contributed by atoms with Crippen molar-refractivity contribution >= 4 is 11.6 Å². The lowest BCUT2D eigenvalue weighted by atomic mass is 10.0. The molecule has 1 aliphatic rings. The number of likely N-dealkylation sites (tertiary alicyclic amines) is 1. The topological polar surface area (TPSA) is 49.6 Å². The van der Waals surface area contributed by atoms with Gasteiger partial charge < -0.3 is 15.5 Å². The number of nitrogens with zero attached hydrogens (tertiary/aromatic N) is 2. The largest absolute Gasteiger partial charge is 0.394 e. The number of carbonyl (C=O) groups is 1. The zero-order chi connectivity index (χ0) is 14.9. The quantitative estimate of drug-likeness (QED) is 0.841. The molecule has 1 fully saturated rings. The van der Waals surface area contributed by atoms with Gasteiger partial charge in [0.1, 0.15) is 17.3 Å². The van der Waals surface area contributed by atoms with Crippen LogP contribution in [0.15, 0.2) is 12.1 Å². The van der Waals surface area contributed by atoms with E-state index in [1.165, 1.54) is 0 Å². The molecule has 0 bridgehead atoms. The van der Waals surface area contributed by atoms with E-state index in [2.05, 4.69) is 4.90 Å². The minimum absolute atomic E-state index is 0.00405. The van der Waals surface area contributed by atoms with E-state index in [0.717, 1.165) is 38.1 Å². The van der Waals surface area contributed by atoms with Crippen LogP contribution in [-0.2, 0) is 0 Å². The number of anilines is 1. The highest BCUT2D eigenvalue weighted by molar-refractivity contribution is 5.94. The first-order valence-electron chi connectivity index (χ1n) is 6.60. The number of hydrogen-bond donors (Lipinski definition) is 1. The van der Waals surface area contributed by atoms with Gasteiger partial charge in [-0.1, -0.05) is 0 Å². The molecule has 1 aliphatic heterocycles. The molecule has 2 N–H and O–H groups in total. The zero-order valence-corrected chi connectivity index (χ0v) is 11.7. The van der Waals surface area contributed by atoms with Crippen molar-refractivity contribution in [2.24, 2.45) is 0 Å². The summed E-state index contributed by atoms with van der Waals surface area (Å²) in [6, 6.07) is 2.08. The second-order valence-electron chi connectivity index (χ2n) is 5.30. The molecule has 0 atom stereocenters. The van der Waals surface area contributed by atoms with Crippen LogP contribution in [-0.4, -0.2) is 48.9 Å². The van der Waals surface area contributed by atoms with Crippen LogP contribution in [0.2, 0.25) is 0 Å². The Morgan fingerprint density at radius 2 is 1.80 bits per heavy atom. The number of rotatable bonds is 2. The Kier molecular flexibility index (Phi) is 4.23. The summed E-state index contributed by atoms with van der Waals surface area (Å²) < 4.78 is 26.8. The number of hydrogen-bond acceptors (Lipinski definition) is 3. The summed E-state index contributed by atoms with van der Waals surface area (Å²) in [7, 11) is 3.70. The lowest BCUT2D eigenvalue weighted by Gasteiger charge is -2.35. The molecular weight excluding hydrogens is 264 g/mol. The molecule has 0 radical (unpaired) electrons. The molecule has 0 saturated carbocycles. The summed E-state index contributed by atoms with van der Waals surface area (Å²) in [4.78, 5) is 16.0. The smallest absolute Gasteiger partial charge is 0.254 e. The maximum absolute atomic E-state index is 13.4. The van der Waals surface area contributed by atoms with Crippen molar-refractivity contribution in [3.05, 3.63) is 29.3 Å². The van der Waals surface area contributed by atoms with Gasteiger partial charge in [-0.3, -0.25) is 4.79 Å². The monoisotopic (exact) mass is 283 g/mol. The fourth-order valence-electron chi connectivity index (χ4n) is 2.46. The van der Waals surface area contributed by atoms with Crippen LogP contribution in [0.5, 0.6) is 0 Å². The van der Waals surface area contributed by atoms with Crippen LogP contribution in [0.1, 0.15) is 23.2 Å². The molecule has 2 rings (SSSR count). The maximum atomic E-state index is 13.4. The Hall–Kier alpha value is -1.69. The molecular formula is C14H19F2N3O. The zero-order valence-electron chi connectivity index (χ0n) is 11.7. The molecule has 0 aliphatic carbocycles. The Morgan fingerprint density at radius 3 is 2.30 bits per heavy atom. The SMILES string of the molecule is CN1CCC(N(C)C(=O)c2cc(F)c(N)c(F)c2)CC1. The molecule has 1 aromatic rings. The van der Waals surface area contributed by atoms with E-state index in [1.54, 1.807) is 11.9 Å². The van der Waals surface area contributed by atoms with Crippen LogP contribution in [0.4, 0.5) is 14.5 Å². The number of benzene rings is 1. The lowest BCUT2D eigenvalue weighted by molar-refractivity contribution is 0.0658. The van der Waals surface area contributed by atoms with Gasteiger partial charge in [-0.2, -0.15) is 0 Å². The van der Waals surface area contributed by atoms with E-state index in [-0.39, 0.29) is 17.5 Å². The third-order valence-corrected chi connectivity index (χ3v) is 3.88. The molecule has 0 aromatic heterocycles. The molecule has 1 saturated heterocycles. The van der Waals surface area contributed by atoms with Crippen molar-refractivity contribution in [3.8, 4) is 0 Å². The second kappa shape index (κ2) is 5.75. The summed E-state index contributed by atoms with van der Waals surface area (Å²) in [5.74, 6) is -2.17. The van der Waals surface area contributed by atoms with Gasteiger partial charge in [0.05, 0.1) is 0 Å². The third-order valence-electron chi connectivity index (χ3n) is 3.88. The van der Waals surface area contributed by atoms with E-state index in [9.17, 15) is 13.6 Å². The molecule has 1 aromatic carbocycles. The fraction of sp³-hybridized carbons (Fsp3) is 0.500. The van der Waals surface area contributed by atoms with E-state index in [4.69, 9.17) is 5.73 Å². The minimum atomic E-state index is -0.898. The Labute approximate surface area is 117 Å². The first-order valence-corrected chi connectivity index (χ1v) is 6.60. The van der Waals surface area contributed by atoms with Crippen molar-refractivity contribution in [2.45, 2.75) is 18.9 Å². The van der Waals surface area contributed by atoms with Crippen molar-refractivity contribution in [1.29, 1.82) is 0 Å². The van der Waals surface area contributed by atoms with Gasteiger partial charge in [-0.25, -0.2) is 8.78 Å². The van der Waals surface area contributed by atoms with E-state index in [0.29, 0.717) is 0 Å². The summed E-state index contributed by atoms with van der Waals surface area (Å²) >= 11 is 0. The summed E-state index contributed by atoms with van der Waals surface area (Å²) in [6.45, 7) is 1.82. The van der Waals surface area contributed by atoms with Gasteiger partial charge in [0.25, 0.3) is 5.91 Å². The fourth-order valence-corrected chi connectivity index (χ4v) is 2.46. The van der Waals surface area contributed by atoms with Gasteiger partial charge in [0, 0.05) is 18.7 Å². The van der Waals surface area contributed by atoms with Gasteiger partial charge >= 0.3 is 0 Å². The average Bonchev–Trinajstić information content (AvgIpc) is 2.43. The van der Waals surface area contributed by atoms with Crippen molar-refractivity contribution < 1.29 is 13.6 Å². The van der Waals surface area contributed by atoms with Gasteiger partial charge in [0.15, 0.2) is 0 Å².